The van der Waals surface area contributed by atoms with E-state index in [0.29, 0.717) is 4.90 Å². The molecule has 3 rings (SSSR count). The van der Waals surface area contributed by atoms with E-state index in [2.05, 4.69) is 22.6 Å². The molecule has 1 heterocycles. The van der Waals surface area contributed by atoms with Gasteiger partial charge in [0.1, 0.15) is 0 Å². The Morgan fingerprint density at radius 2 is 1.76 bits per heavy atom. The zero-order valence-corrected chi connectivity index (χ0v) is 14.4. The second-order valence-corrected chi connectivity index (χ2v) is 7.73. The first-order valence-electron chi connectivity index (χ1n) is 6.64. The van der Waals surface area contributed by atoms with Crippen molar-refractivity contribution in [3.63, 3.8) is 0 Å². The van der Waals surface area contributed by atoms with E-state index < -0.39 is 10.0 Å². The molecule has 0 saturated carbocycles. The summed E-state index contributed by atoms with van der Waals surface area (Å²) in [6.45, 7) is 2.04. The molecule has 0 bridgehead atoms. The summed E-state index contributed by atoms with van der Waals surface area (Å²) in [5.74, 6) is 0. The predicted molar refractivity (Wildman–Crippen MR) is 93.1 cm³/mol. The Kier molecular flexibility index (Phi) is 3.79. The number of nitrogens with zero attached hydrogens (tertiary/aromatic N) is 1. The van der Waals surface area contributed by atoms with Gasteiger partial charge in [0.25, 0.3) is 10.0 Å². The van der Waals surface area contributed by atoms with E-state index in [1.54, 1.807) is 30.5 Å². The molecule has 0 fully saturated rings. The summed E-state index contributed by atoms with van der Waals surface area (Å²) in [4.78, 5) is 0.309. The Morgan fingerprint density at radius 1 is 1.05 bits per heavy atom. The molecule has 5 heteroatoms. The van der Waals surface area contributed by atoms with Gasteiger partial charge < -0.3 is 0 Å². The fourth-order valence-corrected chi connectivity index (χ4v) is 4.79. The lowest BCUT2D eigenvalue weighted by Gasteiger charge is -2.09. The van der Waals surface area contributed by atoms with Crippen LogP contribution in [0, 0.1) is 3.57 Å². The van der Waals surface area contributed by atoms with Gasteiger partial charge in [0, 0.05) is 15.2 Å². The van der Waals surface area contributed by atoms with E-state index in [0.717, 1.165) is 26.5 Å². The smallest absolute Gasteiger partial charge is 0.240 e. The van der Waals surface area contributed by atoms with Gasteiger partial charge in [-0.15, -0.1) is 0 Å². The quantitative estimate of drug-likeness (QED) is 0.611. The molecule has 3 aromatic rings. The first-order valence-corrected chi connectivity index (χ1v) is 9.16. The van der Waals surface area contributed by atoms with Crippen molar-refractivity contribution in [3.05, 3.63) is 63.9 Å². The SMILES string of the molecule is CCc1cccc2c(I)cn(S(=O)(=O)c3ccccc3)c12. The predicted octanol–water partition coefficient (Wildman–Crippen LogP) is 4.05. The summed E-state index contributed by atoms with van der Waals surface area (Å²) in [5, 5.41) is 0.981. The number of rotatable bonds is 3. The highest BCUT2D eigenvalue weighted by Gasteiger charge is 2.21. The molecule has 0 amide bonds. The number of halogens is 1. The number of aryl methyl sites for hydroxylation is 1. The number of hydrogen-bond acceptors (Lipinski definition) is 2. The monoisotopic (exact) mass is 411 g/mol. The lowest BCUT2D eigenvalue weighted by molar-refractivity contribution is 0.589. The van der Waals surface area contributed by atoms with Crippen molar-refractivity contribution in [1.82, 2.24) is 3.97 Å². The Bertz CT molecular complexity index is 899. The van der Waals surface area contributed by atoms with Crippen molar-refractivity contribution < 1.29 is 8.42 Å². The summed E-state index contributed by atoms with van der Waals surface area (Å²) in [5.41, 5.74) is 1.82. The number of hydrogen-bond donors (Lipinski definition) is 0. The Hall–Kier alpha value is -1.34. The molecule has 0 spiro atoms. The molecule has 108 valence electrons. The summed E-state index contributed by atoms with van der Waals surface area (Å²) in [6.07, 6.45) is 2.49. The van der Waals surface area contributed by atoms with Gasteiger partial charge in [0.05, 0.1) is 10.4 Å². The molecule has 21 heavy (non-hydrogen) atoms. The van der Waals surface area contributed by atoms with Crippen molar-refractivity contribution >= 4 is 43.5 Å². The molecular weight excluding hydrogens is 397 g/mol. The first kappa shape index (κ1) is 14.6. The zero-order valence-electron chi connectivity index (χ0n) is 11.5. The molecular formula is C16H14INO2S. The van der Waals surface area contributed by atoms with Crippen LogP contribution in [0.25, 0.3) is 10.9 Å². The van der Waals surface area contributed by atoms with E-state index >= 15 is 0 Å². The Morgan fingerprint density at radius 3 is 2.43 bits per heavy atom. The van der Waals surface area contributed by atoms with Gasteiger partial charge in [-0.25, -0.2) is 12.4 Å². The molecule has 0 unspecified atom stereocenters. The van der Waals surface area contributed by atoms with Crippen molar-refractivity contribution in [2.24, 2.45) is 0 Å². The molecule has 0 aliphatic rings. The summed E-state index contributed by atoms with van der Waals surface area (Å²) >= 11 is 2.19. The maximum absolute atomic E-state index is 12.9. The van der Waals surface area contributed by atoms with E-state index in [-0.39, 0.29) is 0 Å². The van der Waals surface area contributed by atoms with Crippen LogP contribution in [0.15, 0.2) is 59.6 Å². The highest BCUT2D eigenvalue weighted by Crippen LogP contribution is 2.29. The van der Waals surface area contributed by atoms with Crippen molar-refractivity contribution in [3.8, 4) is 0 Å². The molecule has 0 aliphatic carbocycles. The van der Waals surface area contributed by atoms with Crippen LogP contribution < -0.4 is 0 Å². The number of aromatic nitrogens is 1. The van der Waals surface area contributed by atoms with Crippen molar-refractivity contribution in [2.45, 2.75) is 18.2 Å². The second-order valence-electron chi connectivity index (χ2n) is 4.76. The minimum atomic E-state index is -3.57. The van der Waals surface area contributed by atoms with Crippen molar-refractivity contribution in [1.29, 1.82) is 0 Å². The summed E-state index contributed by atoms with van der Waals surface area (Å²) in [6, 6.07) is 14.5. The highest BCUT2D eigenvalue weighted by atomic mass is 127. The maximum atomic E-state index is 12.9. The van der Waals surface area contributed by atoms with E-state index in [1.807, 2.05) is 31.2 Å². The number of benzene rings is 2. The second kappa shape index (κ2) is 5.46. The first-order chi connectivity index (χ1) is 10.1. The normalized spacial score (nSPS) is 11.9. The number of para-hydroxylation sites is 1. The van der Waals surface area contributed by atoms with Crippen LogP contribution in [0.1, 0.15) is 12.5 Å². The lowest BCUT2D eigenvalue weighted by Crippen LogP contribution is -2.12. The van der Waals surface area contributed by atoms with Crippen LogP contribution >= 0.6 is 22.6 Å². The van der Waals surface area contributed by atoms with Crippen LogP contribution in [0.4, 0.5) is 0 Å². The molecule has 0 N–H and O–H groups in total. The van der Waals surface area contributed by atoms with Gasteiger partial charge in [0.15, 0.2) is 0 Å². The summed E-state index contributed by atoms with van der Waals surface area (Å²) < 4.78 is 28.1. The van der Waals surface area contributed by atoms with Crippen LogP contribution in [-0.4, -0.2) is 12.4 Å². The highest BCUT2D eigenvalue weighted by molar-refractivity contribution is 14.1. The van der Waals surface area contributed by atoms with Crippen LogP contribution in [0.3, 0.4) is 0 Å². The molecule has 0 aliphatic heterocycles. The Labute approximate surface area is 137 Å². The minimum Gasteiger partial charge on any atom is -0.240 e. The fourth-order valence-electron chi connectivity index (χ4n) is 2.46. The topological polar surface area (TPSA) is 39.1 Å². The molecule has 0 saturated heterocycles. The van der Waals surface area contributed by atoms with E-state index in [9.17, 15) is 8.42 Å². The molecule has 3 nitrogen and oxygen atoms in total. The maximum Gasteiger partial charge on any atom is 0.268 e. The fraction of sp³-hybridized carbons (Fsp3) is 0.125. The van der Waals surface area contributed by atoms with Crippen molar-refractivity contribution in [2.75, 3.05) is 0 Å². The van der Waals surface area contributed by atoms with Gasteiger partial charge in [-0.05, 0) is 46.7 Å². The minimum absolute atomic E-state index is 0.309. The van der Waals surface area contributed by atoms with Gasteiger partial charge in [-0.2, -0.15) is 0 Å². The molecule has 2 aromatic carbocycles. The van der Waals surface area contributed by atoms with E-state index in [4.69, 9.17) is 0 Å². The standard InChI is InChI=1S/C16H14INO2S/c1-2-12-7-6-10-14-15(17)11-18(16(12)14)21(19,20)13-8-4-3-5-9-13/h3-11H,2H2,1H3. The van der Waals surface area contributed by atoms with Gasteiger partial charge >= 0.3 is 0 Å². The third-order valence-corrected chi connectivity index (χ3v) is 6.04. The molecule has 1 aromatic heterocycles. The average Bonchev–Trinajstić information content (AvgIpc) is 2.86. The van der Waals surface area contributed by atoms with Crippen LogP contribution in [-0.2, 0) is 16.4 Å². The number of fused-ring (bicyclic) bond motifs is 1. The van der Waals surface area contributed by atoms with Gasteiger partial charge in [-0.1, -0.05) is 43.3 Å². The lowest BCUT2D eigenvalue weighted by atomic mass is 10.1. The summed E-state index contributed by atoms with van der Waals surface area (Å²) in [7, 11) is -3.57. The third-order valence-electron chi connectivity index (χ3n) is 3.51. The van der Waals surface area contributed by atoms with E-state index in [1.165, 1.54) is 3.97 Å². The average molecular weight is 411 g/mol. The van der Waals surface area contributed by atoms with Crippen LogP contribution in [0.2, 0.25) is 0 Å². The molecule has 0 radical (unpaired) electrons. The Balaban J connectivity index is 2.36. The van der Waals surface area contributed by atoms with Gasteiger partial charge in [0.2, 0.25) is 0 Å². The largest absolute Gasteiger partial charge is 0.268 e. The zero-order chi connectivity index (χ0) is 15.0. The third kappa shape index (κ3) is 2.38. The molecule has 0 atom stereocenters. The van der Waals surface area contributed by atoms with Crippen LogP contribution in [0.5, 0.6) is 0 Å². The van der Waals surface area contributed by atoms with Gasteiger partial charge in [-0.3, -0.25) is 0 Å².